The molecule has 2 atom stereocenters. The Morgan fingerprint density at radius 2 is 1.93 bits per heavy atom. The first-order valence-electron chi connectivity index (χ1n) is 5.42. The molecule has 0 aromatic carbocycles. The van der Waals surface area contributed by atoms with Gasteiger partial charge in [0, 0.05) is 12.6 Å². The van der Waals surface area contributed by atoms with Gasteiger partial charge >= 0.3 is 5.97 Å². The van der Waals surface area contributed by atoms with Crippen molar-refractivity contribution >= 4 is 5.97 Å². The van der Waals surface area contributed by atoms with E-state index < -0.39 is 12.0 Å². The highest BCUT2D eigenvalue weighted by Gasteiger charge is 2.28. The largest absolute Gasteiger partial charge is 0.480 e. The van der Waals surface area contributed by atoms with Gasteiger partial charge in [-0.3, -0.25) is 4.79 Å². The second-order valence-electron chi connectivity index (χ2n) is 4.90. The number of hydrogen-bond acceptors (Lipinski definition) is 3. The minimum Gasteiger partial charge on any atom is -0.480 e. The summed E-state index contributed by atoms with van der Waals surface area (Å²) >= 11 is 0. The fourth-order valence-corrected chi connectivity index (χ4v) is 1.50. The maximum Gasteiger partial charge on any atom is 0.320 e. The van der Waals surface area contributed by atoms with Gasteiger partial charge in [-0.05, 0) is 18.3 Å². The van der Waals surface area contributed by atoms with Crippen molar-refractivity contribution < 1.29 is 15.0 Å². The van der Waals surface area contributed by atoms with E-state index in [9.17, 15) is 4.79 Å². The van der Waals surface area contributed by atoms with Crippen LogP contribution in [0.3, 0.4) is 0 Å². The number of aliphatic hydroxyl groups is 1. The van der Waals surface area contributed by atoms with Crippen molar-refractivity contribution in [2.75, 3.05) is 6.61 Å². The van der Waals surface area contributed by atoms with Gasteiger partial charge in [0.25, 0.3) is 0 Å². The molecule has 0 aliphatic heterocycles. The highest BCUT2D eigenvalue weighted by molar-refractivity contribution is 5.73. The second-order valence-corrected chi connectivity index (χ2v) is 4.90. The molecule has 15 heavy (non-hydrogen) atoms. The Morgan fingerprint density at radius 1 is 1.40 bits per heavy atom. The lowest BCUT2D eigenvalue weighted by molar-refractivity contribution is -0.140. The van der Waals surface area contributed by atoms with Crippen LogP contribution in [0.15, 0.2) is 0 Å². The van der Waals surface area contributed by atoms with E-state index in [4.69, 9.17) is 10.2 Å². The molecule has 0 fully saturated rings. The number of carboxylic acid groups (broad SMARTS) is 1. The number of aliphatic hydroxyl groups excluding tert-OH is 1. The van der Waals surface area contributed by atoms with Crippen LogP contribution >= 0.6 is 0 Å². The predicted octanol–water partition coefficient (Wildman–Crippen LogP) is 1.24. The topological polar surface area (TPSA) is 69.6 Å². The first-order valence-corrected chi connectivity index (χ1v) is 5.42. The Morgan fingerprint density at radius 3 is 2.20 bits per heavy atom. The van der Waals surface area contributed by atoms with Gasteiger partial charge in [-0.25, -0.2) is 0 Å². The van der Waals surface area contributed by atoms with Crippen molar-refractivity contribution in [3.8, 4) is 0 Å². The third-order valence-corrected chi connectivity index (χ3v) is 2.57. The SMILES string of the molecule is CCC(NC(CCO)C(C)(C)C)C(=O)O. The number of nitrogens with one attached hydrogen (secondary N) is 1. The van der Waals surface area contributed by atoms with E-state index in [0.29, 0.717) is 12.8 Å². The Balaban J connectivity index is 4.45. The minimum atomic E-state index is -0.829. The van der Waals surface area contributed by atoms with Crippen molar-refractivity contribution in [2.24, 2.45) is 5.41 Å². The van der Waals surface area contributed by atoms with Crippen molar-refractivity contribution in [3.05, 3.63) is 0 Å². The minimum absolute atomic E-state index is 0.0172. The molecular formula is C11H23NO3. The molecule has 0 saturated carbocycles. The van der Waals surface area contributed by atoms with Gasteiger partial charge in [-0.2, -0.15) is 0 Å². The zero-order valence-electron chi connectivity index (χ0n) is 10.1. The molecular weight excluding hydrogens is 194 g/mol. The number of aliphatic carboxylic acids is 1. The molecule has 0 spiro atoms. The summed E-state index contributed by atoms with van der Waals surface area (Å²) in [6, 6.07) is -0.510. The van der Waals surface area contributed by atoms with Crippen molar-refractivity contribution in [1.82, 2.24) is 5.32 Å². The fraction of sp³-hybridized carbons (Fsp3) is 0.909. The maximum atomic E-state index is 10.9. The van der Waals surface area contributed by atoms with Crippen LogP contribution < -0.4 is 5.32 Å². The average molecular weight is 217 g/mol. The molecule has 0 heterocycles. The Hall–Kier alpha value is -0.610. The van der Waals surface area contributed by atoms with Crippen LogP contribution in [0.4, 0.5) is 0 Å². The first kappa shape index (κ1) is 14.4. The maximum absolute atomic E-state index is 10.9. The van der Waals surface area contributed by atoms with Crippen molar-refractivity contribution in [2.45, 2.75) is 52.6 Å². The number of carbonyl (C=O) groups is 1. The molecule has 4 heteroatoms. The van der Waals surface area contributed by atoms with Crippen LogP contribution in [0.2, 0.25) is 0 Å². The highest BCUT2D eigenvalue weighted by Crippen LogP contribution is 2.22. The normalized spacial score (nSPS) is 16.1. The van der Waals surface area contributed by atoms with Gasteiger partial charge < -0.3 is 15.5 Å². The summed E-state index contributed by atoms with van der Waals surface area (Å²) in [5, 5.41) is 21.0. The van der Waals surface area contributed by atoms with Crippen molar-refractivity contribution in [1.29, 1.82) is 0 Å². The standard InChI is InChI=1S/C11H23NO3/c1-5-8(10(14)15)12-9(6-7-13)11(2,3)4/h8-9,12-13H,5-7H2,1-4H3,(H,14,15). The Kier molecular flexibility index (Phi) is 5.83. The first-order chi connectivity index (χ1) is 6.82. The summed E-state index contributed by atoms with van der Waals surface area (Å²) in [5.41, 5.74) is -0.0500. The van der Waals surface area contributed by atoms with Crippen LogP contribution in [0, 0.1) is 5.41 Å². The molecule has 0 radical (unpaired) electrons. The molecule has 0 aromatic rings. The van der Waals surface area contributed by atoms with Crippen molar-refractivity contribution in [3.63, 3.8) is 0 Å². The van der Waals surface area contributed by atoms with Crippen LogP contribution in [0.5, 0.6) is 0 Å². The molecule has 2 unspecified atom stereocenters. The second kappa shape index (κ2) is 6.08. The Labute approximate surface area is 91.7 Å². The van der Waals surface area contributed by atoms with Gasteiger partial charge in [-0.15, -0.1) is 0 Å². The molecule has 0 bridgehead atoms. The van der Waals surface area contributed by atoms with Gasteiger partial charge in [0.2, 0.25) is 0 Å². The monoisotopic (exact) mass is 217 g/mol. The van der Waals surface area contributed by atoms with E-state index in [1.165, 1.54) is 0 Å². The van der Waals surface area contributed by atoms with E-state index in [1.54, 1.807) is 0 Å². The number of rotatable bonds is 6. The number of carboxylic acids is 1. The van der Waals surface area contributed by atoms with Gasteiger partial charge in [0.05, 0.1) is 0 Å². The zero-order chi connectivity index (χ0) is 12.1. The lowest BCUT2D eigenvalue weighted by Gasteiger charge is -2.33. The molecule has 4 nitrogen and oxygen atoms in total. The molecule has 0 amide bonds. The Bertz CT molecular complexity index is 198. The van der Waals surface area contributed by atoms with Gasteiger partial charge in [-0.1, -0.05) is 27.7 Å². The lowest BCUT2D eigenvalue weighted by Crippen LogP contribution is -2.49. The van der Waals surface area contributed by atoms with Crippen LogP contribution in [-0.2, 0) is 4.79 Å². The number of hydrogen-bond donors (Lipinski definition) is 3. The van der Waals surface area contributed by atoms with E-state index in [-0.39, 0.29) is 18.1 Å². The fourth-order valence-electron chi connectivity index (χ4n) is 1.50. The zero-order valence-corrected chi connectivity index (χ0v) is 10.1. The molecule has 0 aliphatic rings. The van der Waals surface area contributed by atoms with Crippen LogP contribution in [-0.4, -0.2) is 34.9 Å². The third-order valence-electron chi connectivity index (χ3n) is 2.57. The smallest absolute Gasteiger partial charge is 0.320 e. The molecule has 0 aliphatic carbocycles. The average Bonchev–Trinajstić information content (AvgIpc) is 2.09. The van der Waals surface area contributed by atoms with E-state index in [0.717, 1.165) is 0 Å². The summed E-state index contributed by atoms with van der Waals surface area (Å²) < 4.78 is 0. The summed E-state index contributed by atoms with van der Waals surface area (Å²) in [4.78, 5) is 10.9. The van der Waals surface area contributed by atoms with Gasteiger partial charge in [0.15, 0.2) is 0 Å². The van der Waals surface area contributed by atoms with E-state index in [1.807, 2.05) is 27.7 Å². The molecule has 0 aromatic heterocycles. The summed E-state index contributed by atoms with van der Waals surface area (Å²) in [6.45, 7) is 8.02. The lowest BCUT2D eigenvalue weighted by atomic mass is 9.84. The van der Waals surface area contributed by atoms with E-state index in [2.05, 4.69) is 5.32 Å². The summed E-state index contributed by atoms with van der Waals surface area (Å²) in [7, 11) is 0. The van der Waals surface area contributed by atoms with Crippen LogP contribution in [0.1, 0.15) is 40.5 Å². The predicted molar refractivity (Wildman–Crippen MR) is 59.8 cm³/mol. The molecule has 3 N–H and O–H groups in total. The molecule has 0 saturated heterocycles. The van der Waals surface area contributed by atoms with Crippen LogP contribution in [0.25, 0.3) is 0 Å². The summed E-state index contributed by atoms with van der Waals surface area (Å²) in [6.07, 6.45) is 1.13. The highest BCUT2D eigenvalue weighted by atomic mass is 16.4. The third kappa shape index (κ3) is 5.14. The molecule has 90 valence electrons. The molecule has 0 rings (SSSR count). The quantitative estimate of drug-likeness (QED) is 0.626. The van der Waals surface area contributed by atoms with Gasteiger partial charge in [0.1, 0.15) is 6.04 Å². The summed E-state index contributed by atoms with van der Waals surface area (Å²) in [5.74, 6) is -0.829. The van der Waals surface area contributed by atoms with E-state index >= 15 is 0 Å².